The normalized spacial score (nSPS) is 38.3. The Bertz CT molecular complexity index is 777. The lowest BCUT2D eigenvalue weighted by molar-refractivity contribution is -0.146. The molecule has 3 fully saturated rings. The van der Waals surface area contributed by atoms with E-state index in [-0.39, 0.29) is 41.3 Å². The van der Waals surface area contributed by atoms with Crippen molar-refractivity contribution in [2.75, 3.05) is 5.75 Å². The number of thioether (sulfide) groups is 1. The first kappa shape index (κ1) is 19.2. The molecule has 0 bridgehead atoms. The maximum Gasteiger partial charge on any atom is 0.310 e. The van der Waals surface area contributed by atoms with Crippen molar-refractivity contribution in [3.05, 3.63) is 40.9 Å². The van der Waals surface area contributed by atoms with Gasteiger partial charge in [-0.15, -0.1) is 11.8 Å². The monoisotopic (exact) mass is 450 g/mol. The molecule has 0 unspecified atom stereocenters. The summed E-state index contributed by atoms with van der Waals surface area (Å²) in [6, 6.07) is 7.95. The predicted molar refractivity (Wildman–Crippen MR) is 107 cm³/mol. The fraction of sp³-hybridized carbons (Fsp3) is 0.524. The van der Waals surface area contributed by atoms with Crippen LogP contribution in [0.25, 0.3) is 0 Å². The molecule has 0 amide bonds. The third-order valence-electron chi connectivity index (χ3n) is 6.43. The minimum Gasteiger partial charge on any atom is -0.461 e. The summed E-state index contributed by atoms with van der Waals surface area (Å²) in [4.78, 5) is 26.1. The molecule has 2 saturated carbocycles. The number of ether oxygens (including phenoxy) is 1. The summed E-state index contributed by atoms with van der Waals surface area (Å²) >= 11 is 5.02. The third-order valence-corrected chi connectivity index (χ3v) is 8.09. The first-order valence-electron chi connectivity index (χ1n) is 9.34. The average Bonchev–Trinajstić information content (AvgIpc) is 3.08. The second-order valence-corrected chi connectivity index (χ2v) is 9.93. The summed E-state index contributed by atoms with van der Waals surface area (Å²) in [6.07, 6.45) is -0.152. The van der Waals surface area contributed by atoms with Gasteiger partial charge in [0.25, 0.3) is 0 Å². The molecular formula is C21H23BrO4S. The van der Waals surface area contributed by atoms with E-state index in [2.05, 4.69) is 22.5 Å². The number of Topliss-reactive ketones (excluding diaryl/α,β-unsaturated/α-hetero) is 1. The quantitative estimate of drug-likeness (QED) is 0.430. The van der Waals surface area contributed by atoms with Crippen molar-refractivity contribution >= 4 is 39.4 Å². The summed E-state index contributed by atoms with van der Waals surface area (Å²) in [5.41, 5.74) is 0.926. The van der Waals surface area contributed by atoms with Gasteiger partial charge in [0.15, 0.2) is 0 Å². The molecule has 0 aromatic heterocycles. The number of aliphatic hydroxyl groups excluding tert-OH is 1. The van der Waals surface area contributed by atoms with Gasteiger partial charge in [-0.25, -0.2) is 0 Å². The number of ketones is 1. The maximum absolute atomic E-state index is 12.7. The molecule has 27 heavy (non-hydrogen) atoms. The van der Waals surface area contributed by atoms with E-state index in [4.69, 9.17) is 4.74 Å². The van der Waals surface area contributed by atoms with Crippen molar-refractivity contribution in [3.63, 3.8) is 0 Å². The number of fused-ring (bicyclic) bond motifs is 3. The van der Waals surface area contributed by atoms with E-state index in [9.17, 15) is 14.7 Å². The molecule has 6 heteroatoms. The molecular weight excluding hydrogens is 428 g/mol. The zero-order valence-corrected chi connectivity index (χ0v) is 17.5. The molecule has 1 aromatic carbocycles. The van der Waals surface area contributed by atoms with E-state index in [1.165, 1.54) is 0 Å². The van der Waals surface area contributed by atoms with Crippen LogP contribution in [0.5, 0.6) is 0 Å². The molecule has 0 spiro atoms. The van der Waals surface area contributed by atoms with E-state index in [0.717, 1.165) is 14.9 Å². The Hall–Kier alpha value is -1.11. The van der Waals surface area contributed by atoms with Crippen LogP contribution in [0.4, 0.5) is 0 Å². The Morgan fingerprint density at radius 3 is 2.63 bits per heavy atom. The van der Waals surface area contributed by atoms with Gasteiger partial charge in [-0.05, 0) is 36.6 Å². The molecule has 2 aliphatic carbocycles. The van der Waals surface area contributed by atoms with Gasteiger partial charge in [-0.3, -0.25) is 9.59 Å². The lowest BCUT2D eigenvalue weighted by atomic mass is 9.77. The summed E-state index contributed by atoms with van der Waals surface area (Å²) in [5.74, 6) is -0.313. The van der Waals surface area contributed by atoms with Crippen LogP contribution in [0.15, 0.2) is 45.8 Å². The molecule has 1 heterocycles. The predicted octanol–water partition coefficient (Wildman–Crippen LogP) is 3.86. The SMILES string of the molecule is C=C1C[C@H](O)[C@@H]2[C@@H](OC(=O)[C@H]2CSc2ccc(Br)cc2)[C@H]2[C@H](C)C(=O)C[C@@H]12. The molecule has 4 nitrogen and oxygen atoms in total. The average molecular weight is 451 g/mol. The number of hydrogen-bond acceptors (Lipinski definition) is 5. The number of halogens is 1. The topological polar surface area (TPSA) is 63.6 Å². The summed E-state index contributed by atoms with van der Waals surface area (Å²) in [7, 11) is 0. The highest BCUT2D eigenvalue weighted by molar-refractivity contribution is 9.10. The Morgan fingerprint density at radius 2 is 1.93 bits per heavy atom. The third kappa shape index (κ3) is 3.40. The number of hydrogen-bond donors (Lipinski definition) is 1. The highest BCUT2D eigenvalue weighted by Gasteiger charge is 2.58. The van der Waals surface area contributed by atoms with Crippen molar-refractivity contribution < 1.29 is 19.4 Å². The zero-order chi connectivity index (χ0) is 19.3. The first-order valence-corrected chi connectivity index (χ1v) is 11.1. The summed E-state index contributed by atoms with van der Waals surface area (Å²) < 4.78 is 6.81. The number of carbonyl (C=O) groups excluding carboxylic acids is 2. The maximum atomic E-state index is 12.7. The van der Waals surface area contributed by atoms with Gasteiger partial charge in [0, 0.05) is 39.3 Å². The van der Waals surface area contributed by atoms with Gasteiger partial charge in [-0.2, -0.15) is 0 Å². The highest BCUT2D eigenvalue weighted by Crippen LogP contribution is 2.52. The van der Waals surface area contributed by atoms with Crippen LogP contribution in [-0.4, -0.2) is 34.8 Å². The molecule has 0 radical (unpaired) electrons. The van der Waals surface area contributed by atoms with E-state index >= 15 is 0 Å². The van der Waals surface area contributed by atoms with Crippen LogP contribution < -0.4 is 0 Å². The number of aliphatic hydroxyl groups is 1. The minimum absolute atomic E-state index is 0.0165. The van der Waals surface area contributed by atoms with Gasteiger partial charge in [0.05, 0.1) is 12.0 Å². The second-order valence-electron chi connectivity index (χ2n) is 7.92. The molecule has 1 saturated heterocycles. The van der Waals surface area contributed by atoms with Crippen LogP contribution >= 0.6 is 27.7 Å². The molecule has 3 aliphatic rings. The van der Waals surface area contributed by atoms with Crippen molar-refractivity contribution in [1.29, 1.82) is 0 Å². The number of carbonyl (C=O) groups is 2. The Morgan fingerprint density at radius 1 is 1.22 bits per heavy atom. The van der Waals surface area contributed by atoms with E-state index in [0.29, 0.717) is 18.6 Å². The number of rotatable bonds is 3. The largest absolute Gasteiger partial charge is 0.461 e. The number of esters is 1. The van der Waals surface area contributed by atoms with Crippen molar-refractivity contribution in [2.45, 2.75) is 36.9 Å². The summed E-state index contributed by atoms with van der Waals surface area (Å²) in [6.45, 7) is 6.07. The molecule has 7 atom stereocenters. The molecule has 1 aliphatic heterocycles. The fourth-order valence-electron chi connectivity index (χ4n) is 4.99. The van der Waals surface area contributed by atoms with Crippen LogP contribution in [0.1, 0.15) is 19.8 Å². The fourth-order valence-corrected chi connectivity index (χ4v) is 6.32. The van der Waals surface area contributed by atoms with Gasteiger partial charge in [-0.1, -0.05) is 35.0 Å². The smallest absolute Gasteiger partial charge is 0.310 e. The highest BCUT2D eigenvalue weighted by atomic mass is 79.9. The summed E-state index contributed by atoms with van der Waals surface area (Å²) in [5, 5.41) is 10.9. The van der Waals surface area contributed by atoms with Gasteiger partial charge in [0.1, 0.15) is 11.9 Å². The molecule has 1 N–H and O–H groups in total. The van der Waals surface area contributed by atoms with E-state index in [1.54, 1.807) is 11.8 Å². The first-order chi connectivity index (χ1) is 12.9. The molecule has 4 rings (SSSR count). The van der Waals surface area contributed by atoms with Crippen LogP contribution in [-0.2, 0) is 14.3 Å². The lowest BCUT2D eigenvalue weighted by Crippen LogP contribution is -2.38. The van der Waals surface area contributed by atoms with Crippen molar-refractivity contribution in [1.82, 2.24) is 0 Å². The zero-order valence-electron chi connectivity index (χ0n) is 15.1. The van der Waals surface area contributed by atoms with Crippen molar-refractivity contribution in [3.8, 4) is 0 Å². The Kier molecular flexibility index (Phi) is 5.25. The van der Waals surface area contributed by atoms with Crippen LogP contribution in [0.3, 0.4) is 0 Å². The second kappa shape index (κ2) is 7.37. The Balaban J connectivity index is 1.58. The molecule has 1 aromatic rings. The van der Waals surface area contributed by atoms with Gasteiger partial charge in [0.2, 0.25) is 0 Å². The van der Waals surface area contributed by atoms with Crippen LogP contribution in [0, 0.1) is 29.6 Å². The van der Waals surface area contributed by atoms with Crippen LogP contribution in [0.2, 0.25) is 0 Å². The lowest BCUT2D eigenvalue weighted by Gasteiger charge is -2.29. The minimum atomic E-state index is -0.655. The number of benzene rings is 1. The molecule has 144 valence electrons. The van der Waals surface area contributed by atoms with Gasteiger partial charge < -0.3 is 9.84 Å². The Labute approximate surface area is 171 Å². The standard InChI is InChI=1S/C21H23BrO4S/c1-10-7-17(24)19-15(9-27-13-5-3-12(22)4-6-13)21(25)26-20(19)18-11(2)16(23)8-14(10)18/h3-6,11,14-15,17-20,24H,1,7-9H2,2H3/t11-,14+,15+,17+,18+,19-,20+/m1/s1. The van der Waals surface area contributed by atoms with E-state index in [1.807, 2.05) is 31.2 Å². The van der Waals surface area contributed by atoms with Crippen molar-refractivity contribution in [2.24, 2.45) is 29.6 Å². The van der Waals surface area contributed by atoms with E-state index < -0.39 is 12.2 Å². The van der Waals surface area contributed by atoms with Gasteiger partial charge >= 0.3 is 5.97 Å².